The van der Waals surface area contributed by atoms with E-state index in [1.165, 1.54) is 0 Å². The largest absolute Gasteiger partial charge is 0.493 e. The second kappa shape index (κ2) is 12.0. The lowest BCUT2D eigenvalue weighted by Gasteiger charge is -2.17. The van der Waals surface area contributed by atoms with Crippen LogP contribution in [-0.4, -0.2) is 31.7 Å². The van der Waals surface area contributed by atoms with Crippen molar-refractivity contribution < 1.29 is 18.9 Å². The van der Waals surface area contributed by atoms with Gasteiger partial charge in [-0.15, -0.1) is 11.6 Å². The predicted octanol–water partition coefficient (Wildman–Crippen LogP) is 6.86. The number of methoxy groups -OCH3 is 2. The van der Waals surface area contributed by atoms with Gasteiger partial charge in [-0.2, -0.15) is 5.26 Å². The summed E-state index contributed by atoms with van der Waals surface area (Å²) in [6, 6.07) is 21.0. The van der Waals surface area contributed by atoms with E-state index in [1.54, 1.807) is 20.4 Å². The number of ether oxygens (including phenoxy) is 4. The smallest absolute Gasteiger partial charge is 0.169 e. The number of alkyl halides is 1. The minimum Gasteiger partial charge on any atom is -0.493 e. The van der Waals surface area contributed by atoms with Crippen LogP contribution in [0.3, 0.4) is 0 Å². The van der Waals surface area contributed by atoms with Crippen molar-refractivity contribution in [1.82, 2.24) is 4.98 Å². The van der Waals surface area contributed by atoms with E-state index >= 15 is 0 Å². The molecule has 4 rings (SSSR count). The van der Waals surface area contributed by atoms with E-state index in [-0.39, 0.29) is 6.42 Å². The normalized spacial score (nSPS) is 10.5. The first kappa shape index (κ1) is 25.0. The maximum absolute atomic E-state index is 9.38. The third-order valence-corrected chi connectivity index (χ3v) is 5.72. The zero-order valence-corrected chi connectivity index (χ0v) is 20.8. The monoisotopic (exact) mass is 503 g/mol. The molecule has 0 bridgehead atoms. The lowest BCUT2D eigenvalue weighted by atomic mass is 10.1. The van der Waals surface area contributed by atoms with Gasteiger partial charge < -0.3 is 24.3 Å². The SMILES string of the molecule is COc1cc2c(Nc3ccc(Oc4ccccc4OC)cc3)c(CC#N)cnc2cc1OCCCCl. The van der Waals surface area contributed by atoms with Crippen molar-refractivity contribution in [3.63, 3.8) is 0 Å². The van der Waals surface area contributed by atoms with Crippen LogP contribution in [0, 0.1) is 11.3 Å². The molecule has 8 heteroatoms. The molecule has 0 radical (unpaired) electrons. The van der Waals surface area contributed by atoms with Crippen LogP contribution in [0.25, 0.3) is 10.9 Å². The molecular formula is C28H26ClN3O4. The van der Waals surface area contributed by atoms with Crippen LogP contribution in [0.1, 0.15) is 12.0 Å². The van der Waals surface area contributed by atoms with Crippen molar-refractivity contribution >= 4 is 33.9 Å². The summed E-state index contributed by atoms with van der Waals surface area (Å²) < 4.78 is 22.8. The Morgan fingerprint density at radius 1 is 0.944 bits per heavy atom. The summed E-state index contributed by atoms with van der Waals surface area (Å²) in [6.45, 7) is 0.478. The molecule has 184 valence electrons. The number of halogens is 1. The second-order valence-corrected chi connectivity index (χ2v) is 8.18. The minimum absolute atomic E-state index is 0.205. The number of para-hydroxylation sites is 2. The molecule has 0 amide bonds. The zero-order chi connectivity index (χ0) is 25.3. The Balaban J connectivity index is 1.64. The summed E-state index contributed by atoms with van der Waals surface area (Å²) in [7, 11) is 3.20. The van der Waals surface area contributed by atoms with Gasteiger partial charge in [0.25, 0.3) is 0 Å². The highest BCUT2D eigenvalue weighted by Crippen LogP contribution is 2.38. The molecule has 0 spiro atoms. The fraction of sp³-hybridized carbons (Fsp3) is 0.214. The second-order valence-electron chi connectivity index (χ2n) is 7.81. The number of hydrogen-bond acceptors (Lipinski definition) is 7. The van der Waals surface area contributed by atoms with Crippen LogP contribution < -0.4 is 24.3 Å². The Bertz CT molecular complexity index is 1370. The molecular weight excluding hydrogens is 478 g/mol. The van der Waals surface area contributed by atoms with Crippen LogP contribution in [0.15, 0.2) is 66.9 Å². The molecule has 36 heavy (non-hydrogen) atoms. The molecule has 1 heterocycles. The molecule has 0 atom stereocenters. The van der Waals surface area contributed by atoms with Crippen molar-refractivity contribution in [2.24, 2.45) is 0 Å². The fourth-order valence-corrected chi connectivity index (χ4v) is 3.81. The number of nitrogens with one attached hydrogen (secondary N) is 1. The molecule has 0 aliphatic carbocycles. The number of benzene rings is 3. The lowest BCUT2D eigenvalue weighted by molar-refractivity contribution is 0.295. The molecule has 0 aliphatic heterocycles. The quantitative estimate of drug-likeness (QED) is 0.177. The summed E-state index contributed by atoms with van der Waals surface area (Å²) in [5.41, 5.74) is 3.11. The Kier molecular flexibility index (Phi) is 8.32. The maximum atomic E-state index is 9.38. The molecule has 0 saturated carbocycles. The number of fused-ring (bicyclic) bond motifs is 1. The summed E-state index contributed by atoms with van der Waals surface area (Å²) in [5, 5.41) is 13.6. The van der Waals surface area contributed by atoms with Crippen molar-refractivity contribution in [2.75, 3.05) is 32.0 Å². The summed E-state index contributed by atoms with van der Waals surface area (Å²) in [5.74, 6) is 3.65. The van der Waals surface area contributed by atoms with Gasteiger partial charge in [-0.25, -0.2) is 0 Å². The molecule has 7 nitrogen and oxygen atoms in total. The first-order valence-electron chi connectivity index (χ1n) is 11.4. The predicted molar refractivity (Wildman–Crippen MR) is 141 cm³/mol. The number of anilines is 2. The van der Waals surface area contributed by atoms with E-state index in [0.29, 0.717) is 41.2 Å². The van der Waals surface area contributed by atoms with Gasteiger partial charge in [0.2, 0.25) is 0 Å². The number of aromatic nitrogens is 1. The molecule has 3 aromatic carbocycles. The Morgan fingerprint density at radius 3 is 2.39 bits per heavy atom. The van der Waals surface area contributed by atoms with Gasteiger partial charge in [0.1, 0.15) is 5.75 Å². The van der Waals surface area contributed by atoms with Gasteiger partial charge in [0.05, 0.1) is 44.5 Å². The third-order valence-electron chi connectivity index (χ3n) is 5.46. The number of pyridine rings is 1. The minimum atomic E-state index is 0.205. The van der Waals surface area contributed by atoms with E-state index in [0.717, 1.165) is 34.3 Å². The fourth-order valence-electron chi connectivity index (χ4n) is 3.70. The van der Waals surface area contributed by atoms with Gasteiger partial charge in [-0.3, -0.25) is 4.98 Å². The summed E-state index contributed by atoms with van der Waals surface area (Å²) in [6.07, 6.45) is 2.64. The average molecular weight is 504 g/mol. The first-order chi connectivity index (χ1) is 17.7. The first-order valence-corrected chi connectivity index (χ1v) is 11.9. The van der Waals surface area contributed by atoms with Crippen LogP contribution in [-0.2, 0) is 6.42 Å². The Morgan fingerprint density at radius 2 is 1.69 bits per heavy atom. The molecule has 0 aliphatic rings. The standard InChI is InChI=1S/C28H26ClN3O4/c1-33-24-6-3-4-7-25(24)36-21-10-8-20(9-11-21)32-28-19(12-14-30)18-31-23-17-27(35-15-5-13-29)26(34-2)16-22(23)28/h3-4,6-11,16-18H,5,12-13,15H2,1-2H3,(H,31,32). The van der Waals surface area contributed by atoms with Crippen molar-refractivity contribution in [3.05, 3.63) is 72.4 Å². The highest BCUT2D eigenvalue weighted by molar-refractivity contribution is 6.17. The van der Waals surface area contributed by atoms with Crippen molar-refractivity contribution in [2.45, 2.75) is 12.8 Å². The van der Waals surface area contributed by atoms with Crippen molar-refractivity contribution in [3.8, 4) is 34.8 Å². The molecule has 1 aromatic heterocycles. The third kappa shape index (κ3) is 5.73. The lowest BCUT2D eigenvalue weighted by Crippen LogP contribution is -2.02. The Hall–Kier alpha value is -4.15. The van der Waals surface area contributed by atoms with E-state index in [4.69, 9.17) is 30.5 Å². The molecule has 1 N–H and O–H groups in total. The maximum Gasteiger partial charge on any atom is 0.169 e. The van der Waals surface area contributed by atoms with Crippen molar-refractivity contribution in [1.29, 1.82) is 5.26 Å². The number of rotatable bonds is 11. The highest BCUT2D eigenvalue weighted by atomic mass is 35.5. The van der Waals surface area contributed by atoms with E-state index in [1.807, 2.05) is 60.7 Å². The number of nitriles is 1. The Labute approximate surface area is 215 Å². The van der Waals surface area contributed by atoms with E-state index < -0.39 is 0 Å². The van der Waals surface area contributed by atoms with E-state index in [2.05, 4.69) is 16.4 Å². The van der Waals surface area contributed by atoms with Gasteiger partial charge in [-0.05, 0) is 48.9 Å². The number of hydrogen-bond donors (Lipinski definition) is 1. The van der Waals surface area contributed by atoms with Gasteiger partial charge in [0, 0.05) is 34.8 Å². The highest BCUT2D eigenvalue weighted by Gasteiger charge is 2.15. The van der Waals surface area contributed by atoms with Gasteiger partial charge in [0.15, 0.2) is 23.0 Å². The number of nitrogens with zero attached hydrogens (tertiary/aromatic N) is 2. The van der Waals surface area contributed by atoms with Gasteiger partial charge in [-0.1, -0.05) is 12.1 Å². The summed E-state index contributed by atoms with van der Waals surface area (Å²) >= 11 is 5.77. The molecule has 4 aromatic rings. The van der Waals surface area contributed by atoms with Crippen LogP contribution in [0.5, 0.6) is 28.7 Å². The molecule has 0 fully saturated rings. The van der Waals surface area contributed by atoms with Crippen LogP contribution in [0.4, 0.5) is 11.4 Å². The topological polar surface area (TPSA) is 85.6 Å². The molecule has 0 unspecified atom stereocenters. The summed E-state index contributed by atoms with van der Waals surface area (Å²) in [4.78, 5) is 4.56. The van der Waals surface area contributed by atoms with Crippen LogP contribution >= 0.6 is 11.6 Å². The van der Waals surface area contributed by atoms with Gasteiger partial charge >= 0.3 is 0 Å². The van der Waals surface area contributed by atoms with E-state index in [9.17, 15) is 5.26 Å². The zero-order valence-electron chi connectivity index (χ0n) is 20.1. The van der Waals surface area contributed by atoms with Crippen LogP contribution in [0.2, 0.25) is 0 Å². The molecule has 0 saturated heterocycles. The average Bonchev–Trinajstić information content (AvgIpc) is 2.91.